The molecule has 0 bridgehead atoms. The van der Waals surface area contributed by atoms with Crippen LogP contribution in [0.5, 0.6) is 5.75 Å². The van der Waals surface area contributed by atoms with E-state index < -0.39 is 17.0 Å². The molecule has 126 valence electrons. The fourth-order valence-electron chi connectivity index (χ4n) is 2.06. The molecule has 24 heavy (non-hydrogen) atoms. The van der Waals surface area contributed by atoms with E-state index in [0.717, 1.165) is 5.56 Å². The second kappa shape index (κ2) is 9.00. The minimum absolute atomic E-state index is 0.116. The average molecular weight is 346 g/mol. The molecule has 0 saturated carbocycles. The van der Waals surface area contributed by atoms with Gasteiger partial charge >= 0.3 is 5.97 Å². The van der Waals surface area contributed by atoms with Crippen molar-refractivity contribution >= 4 is 17.0 Å². The van der Waals surface area contributed by atoms with E-state index in [1.165, 1.54) is 12.1 Å². The Balaban J connectivity index is 2.14. The van der Waals surface area contributed by atoms with Gasteiger partial charge < -0.3 is 14.0 Å². The zero-order valence-corrected chi connectivity index (χ0v) is 14.0. The van der Waals surface area contributed by atoms with Crippen LogP contribution in [0, 0.1) is 0 Å². The van der Waals surface area contributed by atoms with Crippen molar-refractivity contribution in [1.29, 1.82) is 0 Å². The Morgan fingerprint density at radius 3 is 2.58 bits per heavy atom. The number of ether oxygens (including phenoxy) is 2. The Morgan fingerprint density at radius 1 is 1.17 bits per heavy atom. The molecule has 0 aromatic heterocycles. The highest BCUT2D eigenvalue weighted by Crippen LogP contribution is 2.31. The lowest BCUT2D eigenvalue weighted by molar-refractivity contribution is -0.138. The summed E-state index contributed by atoms with van der Waals surface area (Å²) in [5, 5.41) is 0. The molecule has 0 radical (unpaired) electrons. The van der Waals surface area contributed by atoms with Gasteiger partial charge in [0.15, 0.2) is 11.1 Å². The minimum atomic E-state index is -2.07. The van der Waals surface area contributed by atoms with Gasteiger partial charge in [0.25, 0.3) is 0 Å². The fourth-order valence-corrected chi connectivity index (χ4v) is 2.47. The first kappa shape index (κ1) is 17.9. The van der Waals surface area contributed by atoms with E-state index in [2.05, 4.69) is 0 Å². The summed E-state index contributed by atoms with van der Waals surface area (Å²) in [6, 6.07) is 14.2. The van der Waals surface area contributed by atoms with Gasteiger partial charge in [-0.2, -0.15) is 0 Å². The maximum Gasteiger partial charge on any atom is 0.330 e. The molecule has 0 aliphatic carbocycles. The Hall–Kier alpha value is -2.44. The molecule has 2 aromatic carbocycles. The maximum absolute atomic E-state index is 11.3. The number of rotatable bonds is 7. The number of hydrogen-bond donors (Lipinski definition) is 1. The average Bonchev–Trinajstić information content (AvgIpc) is 2.59. The van der Waals surface area contributed by atoms with E-state index in [1.807, 2.05) is 30.3 Å². The first-order valence-corrected chi connectivity index (χ1v) is 8.45. The second-order valence-electron chi connectivity index (χ2n) is 4.79. The minimum Gasteiger partial charge on any atom is -0.489 e. The number of carbonyl (C=O) groups is 1. The predicted molar refractivity (Wildman–Crippen MR) is 92.2 cm³/mol. The molecule has 2 aromatic rings. The lowest BCUT2D eigenvalue weighted by atomic mass is 10.0. The molecule has 0 heterocycles. The van der Waals surface area contributed by atoms with E-state index in [4.69, 9.17) is 9.47 Å². The van der Waals surface area contributed by atoms with Crippen LogP contribution in [0.2, 0.25) is 0 Å². The Labute approximate surface area is 143 Å². The Morgan fingerprint density at radius 2 is 1.92 bits per heavy atom. The van der Waals surface area contributed by atoms with E-state index in [9.17, 15) is 13.6 Å². The van der Waals surface area contributed by atoms with E-state index in [0.29, 0.717) is 16.2 Å². The van der Waals surface area contributed by atoms with Crippen LogP contribution in [0.4, 0.5) is 0 Å². The van der Waals surface area contributed by atoms with Gasteiger partial charge in [-0.05, 0) is 30.7 Å². The van der Waals surface area contributed by atoms with Crippen LogP contribution in [0.25, 0.3) is 11.1 Å². The number of esters is 1. The molecular formula is C18H18O5S. The smallest absolute Gasteiger partial charge is 0.330 e. The molecule has 0 aliphatic rings. The summed E-state index contributed by atoms with van der Waals surface area (Å²) in [6.07, 6.45) is 2.94. The molecule has 2 rings (SSSR count). The highest BCUT2D eigenvalue weighted by molar-refractivity contribution is 7.79. The summed E-state index contributed by atoms with van der Waals surface area (Å²) in [7, 11) is 0. The van der Waals surface area contributed by atoms with Crippen molar-refractivity contribution in [2.75, 3.05) is 13.2 Å². The maximum atomic E-state index is 11.3. The van der Waals surface area contributed by atoms with Gasteiger partial charge in [0.05, 0.1) is 4.90 Å². The highest BCUT2D eigenvalue weighted by Gasteiger charge is 2.10. The predicted octanol–water partition coefficient (Wildman–Crippen LogP) is 3.43. The molecule has 0 amide bonds. The van der Waals surface area contributed by atoms with Crippen molar-refractivity contribution in [2.45, 2.75) is 11.8 Å². The third-order valence-electron chi connectivity index (χ3n) is 3.13. The van der Waals surface area contributed by atoms with Gasteiger partial charge in [-0.15, -0.1) is 0 Å². The molecule has 0 fully saturated rings. The third-order valence-corrected chi connectivity index (χ3v) is 3.78. The van der Waals surface area contributed by atoms with Gasteiger partial charge in [0, 0.05) is 11.6 Å². The number of hydrogen-bond acceptors (Lipinski definition) is 4. The zero-order chi connectivity index (χ0) is 17.4. The Kier molecular flexibility index (Phi) is 6.72. The van der Waals surface area contributed by atoms with Crippen LogP contribution >= 0.6 is 0 Å². The van der Waals surface area contributed by atoms with Crippen LogP contribution in [-0.4, -0.2) is 27.9 Å². The zero-order valence-electron chi connectivity index (χ0n) is 13.2. The summed E-state index contributed by atoms with van der Waals surface area (Å²) in [4.78, 5) is 11.5. The summed E-state index contributed by atoms with van der Waals surface area (Å²) in [5.41, 5.74) is 1.57. The first-order chi connectivity index (χ1) is 11.6. The standard InChI is InChI=1S/C18H18O5S/c1-2-6-18(19)23-12-11-22-17-10-9-15(24(20)21)13-16(17)14-7-4-3-5-8-14/h2-10,13H,11-12H2,1H3,(H,20,21). The quantitative estimate of drug-likeness (QED) is 0.360. The van der Waals surface area contributed by atoms with Gasteiger partial charge in [0.1, 0.15) is 19.0 Å². The van der Waals surface area contributed by atoms with Gasteiger partial charge in [-0.25, -0.2) is 9.00 Å². The molecule has 6 heteroatoms. The number of allylic oxidation sites excluding steroid dienone is 1. The summed E-state index contributed by atoms with van der Waals surface area (Å²) < 4.78 is 31.2. The fraction of sp³-hybridized carbons (Fsp3) is 0.167. The van der Waals surface area contributed by atoms with E-state index in [-0.39, 0.29) is 13.2 Å². The van der Waals surface area contributed by atoms with Crippen LogP contribution in [0.15, 0.2) is 65.6 Å². The van der Waals surface area contributed by atoms with E-state index in [1.54, 1.807) is 25.1 Å². The third kappa shape index (κ3) is 5.04. The summed E-state index contributed by atoms with van der Waals surface area (Å²) >= 11 is -2.07. The lowest BCUT2D eigenvalue weighted by Crippen LogP contribution is -2.10. The lowest BCUT2D eigenvalue weighted by Gasteiger charge is -2.13. The second-order valence-corrected chi connectivity index (χ2v) is 5.76. The van der Waals surface area contributed by atoms with Crippen molar-refractivity contribution in [3.8, 4) is 16.9 Å². The van der Waals surface area contributed by atoms with Crippen LogP contribution in [-0.2, 0) is 20.6 Å². The van der Waals surface area contributed by atoms with Crippen molar-refractivity contribution in [2.24, 2.45) is 0 Å². The van der Waals surface area contributed by atoms with Crippen molar-refractivity contribution < 1.29 is 23.0 Å². The summed E-state index contributed by atoms with van der Waals surface area (Å²) in [6.45, 7) is 2.03. The Bertz CT molecular complexity index is 740. The molecule has 1 N–H and O–H groups in total. The van der Waals surface area contributed by atoms with Crippen molar-refractivity contribution in [3.05, 3.63) is 60.7 Å². The number of carbonyl (C=O) groups excluding carboxylic acids is 1. The highest BCUT2D eigenvalue weighted by atomic mass is 32.2. The number of benzene rings is 2. The van der Waals surface area contributed by atoms with Crippen molar-refractivity contribution in [3.63, 3.8) is 0 Å². The van der Waals surface area contributed by atoms with Gasteiger partial charge in [0.2, 0.25) is 0 Å². The van der Waals surface area contributed by atoms with E-state index >= 15 is 0 Å². The SMILES string of the molecule is CC=CC(=O)OCCOc1ccc(S(=O)O)cc1-c1ccccc1. The molecule has 1 unspecified atom stereocenters. The molecule has 1 atom stereocenters. The first-order valence-electron chi connectivity index (χ1n) is 7.34. The molecule has 5 nitrogen and oxygen atoms in total. The topological polar surface area (TPSA) is 72.8 Å². The normalized spacial score (nSPS) is 12.1. The van der Waals surface area contributed by atoms with Crippen LogP contribution in [0.1, 0.15) is 6.92 Å². The molecule has 0 saturated heterocycles. The van der Waals surface area contributed by atoms with Crippen LogP contribution in [0.3, 0.4) is 0 Å². The molecule has 0 aliphatic heterocycles. The summed E-state index contributed by atoms with van der Waals surface area (Å²) in [5.74, 6) is 0.132. The largest absolute Gasteiger partial charge is 0.489 e. The monoisotopic (exact) mass is 346 g/mol. The van der Waals surface area contributed by atoms with Gasteiger partial charge in [-0.1, -0.05) is 36.4 Å². The van der Waals surface area contributed by atoms with Gasteiger partial charge in [-0.3, -0.25) is 0 Å². The van der Waals surface area contributed by atoms with Crippen molar-refractivity contribution in [1.82, 2.24) is 0 Å². The molecular weight excluding hydrogens is 328 g/mol. The van der Waals surface area contributed by atoms with Crippen LogP contribution < -0.4 is 4.74 Å². The molecule has 0 spiro atoms.